The van der Waals surface area contributed by atoms with Crippen molar-refractivity contribution in [2.45, 2.75) is 19.1 Å². The highest BCUT2D eigenvalue weighted by Crippen LogP contribution is 2.30. The maximum absolute atomic E-state index is 12.7. The number of carbonyl (C=O) groups is 2. The van der Waals surface area contributed by atoms with Gasteiger partial charge in [-0.2, -0.15) is 13.2 Å². The molecular weight excluding hydrogens is 341 g/mol. The van der Waals surface area contributed by atoms with Crippen molar-refractivity contribution >= 4 is 23.2 Å². The summed E-state index contributed by atoms with van der Waals surface area (Å²) in [4.78, 5) is 24.0. The van der Waals surface area contributed by atoms with E-state index >= 15 is 0 Å². The molecule has 8 heteroatoms. The van der Waals surface area contributed by atoms with Crippen LogP contribution in [-0.2, 0) is 11.0 Å². The summed E-state index contributed by atoms with van der Waals surface area (Å²) < 4.78 is 38.1. The van der Waals surface area contributed by atoms with Crippen LogP contribution in [0.2, 0.25) is 0 Å². The molecule has 0 aliphatic carbocycles. The normalized spacial score (nSPS) is 12.5. The molecule has 128 valence electrons. The fourth-order valence-corrected chi connectivity index (χ4v) is 2.66. The van der Waals surface area contributed by atoms with Crippen LogP contribution >= 0.6 is 11.3 Å². The van der Waals surface area contributed by atoms with Gasteiger partial charge in [-0.1, -0.05) is 18.2 Å². The molecule has 1 aromatic heterocycles. The molecular formula is C16H15F3N2O2S. The predicted molar refractivity (Wildman–Crippen MR) is 84.7 cm³/mol. The molecule has 24 heavy (non-hydrogen) atoms. The average molecular weight is 356 g/mol. The van der Waals surface area contributed by atoms with E-state index in [1.807, 2.05) is 0 Å². The molecule has 0 aliphatic rings. The summed E-state index contributed by atoms with van der Waals surface area (Å²) in [5.41, 5.74) is -0.435. The molecule has 2 rings (SSSR count). The Bertz CT molecular complexity index is 714. The van der Waals surface area contributed by atoms with Gasteiger partial charge >= 0.3 is 6.18 Å². The second-order valence-electron chi connectivity index (χ2n) is 5.07. The molecule has 2 N–H and O–H groups in total. The second kappa shape index (κ2) is 7.48. The number of nitrogens with one attached hydrogen (secondary N) is 2. The number of rotatable bonds is 5. The van der Waals surface area contributed by atoms with Crippen LogP contribution < -0.4 is 10.6 Å². The topological polar surface area (TPSA) is 58.2 Å². The first kappa shape index (κ1) is 18.0. The van der Waals surface area contributed by atoms with Gasteiger partial charge in [0.2, 0.25) is 5.91 Å². The van der Waals surface area contributed by atoms with E-state index in [9.17, 15) is 22.8 Å². The van der Waals surface area contributed by atoms with Gasteiger partial charge < -0.3 is 10.6 Å². The highest BCUT2D eigenvalue weighted by Gasteiger charge is 2.30. The van der Waals surface area contributed by atoms with E-state index in [-0.39, 0.29) is 12.5 Å². The number of hydrogen-bond acceptors (Lipinski definition) is 3. The van der Waals surface area contributed by atoms with Crippen molar-refractivity contribution in [3.05, 3.63) is 57.8 Å². The van der Waals surface area contributed by atoms with Gasteiger partial charge in [-0.05, 0) is 36.1 Å². The fraction of sp³-hybridized carbons (Fsp3) is 0.250. The zero-order valence-corrected chi connectivity index (χ0v) is 13.5. The van der Waals surface area contributed by atoms with E-state index < -0.39 is 23.7 Å². The van der Waals surface area contributed by atoms with E-state index in [0.29, 0.717) is 10.4 Å². The zero-order chi connectivity index (χ0) is 17.7. The minimum absolute atomic E-state index is 0.250. The van der Waals surface area contributed by atoms with Crippen LogP contribution in [0.5, 0.6) is 0 Å². The lowest BCUT2D eigenvalue weighted by atomic mass is 10.0. The summed E-state index contributed by atoms with van der Waals surface area (Å²) in [7, 11) is 0. The molecule has 1 aromatic carbocycles. The molecule has 0 spiro atoms. The summed E-state index contributed by atoms with van der Waals surface area (Å²) in [5.74, 6) is -0.850. The first-order valence-corrected chi connectivity index (χ1v) is 7.93. The van der Waals surface area contributed by atoms with Crippen LogP contribution in [0.3, 0.4) is 0 Å². The van der Waals surface area contributed by atoms with Gasteiger partial charge in [0.15, 0.2) is 0 Å². The molecule has 4 nitrogen and oxygen atoms in total. The number of halogens is 3. The average Bonchev–Trinajstić information content (AvgIpc) is 3.06. The van der Waals surface area contributed by atoms with Crippen molar-refractivity contribution in [3.63, 3.8) is 0 Å². The highest BCUT2D eigenvalue weighted by molar-refractivity contribution is 7.12. The maximum atomic E-state index is 12.7. The van der Waals surface area contributed by atoms with Crippen LogP contribution in [-0.4, -0.2) is 18.4 Å². The fourth-order valence-electron chi connectivity index (χ4n) is 2.02. The molecule has 0 saturated heterocycles. The predicted octanol–water partition coefficient (Wildman–Crippen LogP) is 3.37. The Morgan fingerprint density at radius 2 is 1.96 bits per heavy atom. The number of carbonyl (C=O) groups excluding carboxylic acids is 2. The molecule has 2 aromatic rings. The molecule has 1 heterocycles. The largest absolute Gasteiger partial charge is 0.416 e. The smallest absolute Gasteiger partial charge is 0.348 e. The molecule has 0 fully saturated rings. The van der Waals surface area contributed by atoms with Gasteiger partial charge in [-0.25, -0.2) is 0 Å². The zero-order valence-electron chi connectivity index (χ0n) is 12.7. The number of thiophene rings is 1. The van der Waals surface area contributed by atoms with Crippen molar-refractivity contribution in [2.75, 3.05) is 6.54 Å². The minimum Gasteiger partial charge on any atom is -0.348 e. The molecule has 0 radical (unpaired) electrons. The van der Waals surface area contributed by atoms with Crippen molar-refractivity contribution in [3.8, 4) is 0 Å². The first-order valence-electron chi connectivity index (χ1n) is 7.05. The van der Waals surface area contributed by atoms with Crippen molar-refractivity contribution < 1.29 is 22.8 Å². The Morgan fingerprint density at radius 3 is 2.58 bits per heavy atom. The minimum atomic E-state index is -4.44. The summed E-state index contributed by atoms with van der Waals surface area (Å²) in [5, 5.41) is 6.76. The van der Waals surface area contributed by atoms with E-state index in [1.54, 1.807) is 24.4 Å². The number of hydrogen-bond donors (Lipinski definition) is 2. The standard InChI is InChI=1S/C16H15F3N2O2S/c1-10(11-4-2-5-12(8-11)16(17,18)19)21-14(22)9-20-15(23)13-6-3-7-24-13/h2-8,10H,9H2,1H3,(H,20,23)(H,21,22)/t10-/m0/s1. The highest BCUT2D eigenvalue weighted by atomic mass is 32.1. The van der Waals surface area contributed by atoms with Gasteiger partial charge in [-0.15, -0.1) is 11.3 Å². The van der Waals surface area contributed by atoms with Gasteiger partial charge in [0.05, 0.1) is 23.0 Å². The Balaban J connectivity index is 1.91. The van der Waals surface area contributed by atoms with E-state index in [4.69, 9.17) is 0 Å². The van der Waals surface area contributed by atoms with E-state index in [0.717, 1.165) is 12.1 Å². The van der Waals surface area contributed by atoms with Crippen molar-refractivity contribution in [1.29, 1.82) is 0 Å². The second-order valence-corrected chi connectivity index (χ2v) is 6.02. The van der Waals surface area contributed by atoms with Crippen LogP contribution in [0.15, 0.2) is 41.8 Å². The van der Waals surface area contributed by atoms with Crippen LogP contribution in [0.25, 0.3) is 0 Å². The SMILES string of the molecule is C[C@H](NC(=O)CNC(=O)c1cccs1)c1cccc(C(F)(F)F)c1. The molecule has 0 aliphatic heterocycles. The summed E-state index contributed by atoms with van der Waals surface area (Å²) in [6.45, 7) is 1.33. The Kier molecular flexibility index (Phi) is 5.61. The summed E-state index contributed by atoms with van der Waals surface area (Å²) in [6, 6.07) is 7.50. The van der Waals surface area contributed by atoms with Gasteiger partial charge in [0.25, 0.3) is 5.91 Å². The van der Waals surface area contributed by atoms with Gasteiger partial charge in [-0.3, -0.25) is 9.59 Å². The summed E-state index contributed by atoms with van der Waals surface area (Å²) >= 11 is 1.25. The number of amides is 2. The first-order chi connectivity index (χ1) is 11.3. The molecule has 0 saturated carbocycles. The summed E-state index contributed by atoms with van der Waals surface area (Å²) in [6.07, 6.45) is -4.44. The molecule has 1 atom stereocenters. The van der Waals surface area contributed by atoms with Crippen LogP contribution in [0, 0.1) is 0 Å². The Morgan fingerprint density at radius 1 is 1.21 bits per heavy atom. The van der Waals surface area contributed by atoms with Crippen LogP contribution in [0.1, 0.15) is 33.8 Å². The Labute approximate surface area is 140 Å². The van der Waals surface area contributed by atoms with Crippen molar-refractivity contribution in [2.24, 2.45) is 0 Å². The third-order valence-electron chi connectivity index (χ3n) is 3.25. The van der Waals surface area contributed by atoms with Crippen molar-refractivity contribution in [1.82, 2.24) is 10.6 Å². The molecule has 0 bridgehead atoms. The number of alkyl halides is 3. The molecule has 2 amide bonds. The quantitative estimate of drug-likeness (QED) is 0.863. The van der Waals surface area contributed by atoms with Crippen LogP contribution in [0.4, 0.5) is 13.2 Å². The van der Waals surface area contributed by atoms with Gasteiger partial charge in [0, 0.05) is 0 Å². The Hall–Kier alpha value is -2.35. The monoisotopic (exact) mass is 356 g/mol. The third kappa shape index (κ3) is 4.82. The lowest BCUT2D eigenvalue weighted by Crippen LogP contribution is -2.37. The lowest BCUT2D eigenvalue weighted by molar-refractivity contribution is -0.137. The van der Waals surface area contributed by atoms with Gasteiger partial charge in [0.1, 0.15) is 0 Å². The third-order valence-corrected chi connectivity index (χ3v) is 4.11. The number of benzene rings is 1. The molecule has 0 unspecified atom stereocenters. The van der Waals surface area contributed by atoms with E-state index in [1.165, 1.54) is 23.5 Å². The maximum Gasteiger partial charge on any atom is 0.416 e. The van der Waals surface area contributed by atoms with E-state index in [2.05, 4.69) is 10.6 Å². The lowest BCUT2D eigenvalue weighted by Gasteiger charge is -2.16.